The minimum atomic E-state index is 0. The predicted molar refractivity (Wildman–Crippen MR) is 114 cm³/mol. The van der Waals surface area contributed by atoms with Crippen LogP contribution in [0.2, 0.25) is 0 Å². The fraction of sp³-hybridized carbons (Fsp3) is 0.812. The SMILES string of the molecule is COCCCN(C)CCNC(=NCc1nnc(C)n1C)NCCOC.I. The van der Waals surface area contributed by atoms with Crippen molar-refractivity contribution in [2.24, 2.45) is 12.0 Å². The van der Waals surface area contributed by atoms with Crippen LogP contribution in [0, 0.1) is 6.92 Å². The number of hydrogen-bond donors (Lipinski definition) is 2. The zero-order valence-electron chi connectivity index (χ0n) is 16.6. The van der Waals surface area contributed by atoms with Crippen molar-refractivity contribution in [2.75, 3.05) is 60.7 Å². The van der Waals surface area contributed by atoms with Crippen molar-refractivity contribution in [1.29, 1.82) is 0 Å². The van der Waals surface area contributed by atoms with E-state index < -0.39 is 0 Å². The van der Waals surface area contributed by atoms with E-state index in [0.29, 0.717) is 19.7 Å². The first-order valence-corrected chi connectivity index (χ1v) is 8.62. The molecule has 9 nitrogen and oxygen atoms in total. The topological polar surface area (TPSA) is 88.8 Å². The third kappa shape index (κ3) is 10.2. The molecule has 0 bridgehead atoms. The second-order valence-corrected chi connectivity index (χ2v) is 5.88. The van der Waals surface area contributed by atoms with E-state index in [9.17, 15) is 0 Å². The second-order valence-electron chi connectivity index (χ2n) is 5.88. The Morgan fingerprint density at radius 3 is 2.42 bits per heavy atom. The Morgan fingerprint density at radius 2 is 1.81 bits per heavy atom. The average Bonchev–Trinajstić information content (AvgIpc) is 2.91. The van der Waals surface area contributed by atoms with Gasteiger partial charge in [0.1, 0.15) is 12.4 Å². The predicted octanol–water partition coefficient (Wildman–Crippen LogP) is 0.391. The van der Waals surface area contributed by atoms with Gasteiger partial charge in [-0.2, -0.15) is 0 Å². The summed E-state index contributed by atoms with van der Waals surface area (Å²) in [5, 5.41) is 14.8. The summed E-state index contributed by atoms with van der Waals surface area (Å²) in [4.78, 5) is 6.86. The first-order chi connectivity index (χ1) is 12.1. The van der Waals surface area contributed by atoms with Gasteiger partial charge >= 0.3 is 0 Å². The first-order valence-electron chi connectivity index (χ1n) is 8.62. The van der Waals surface area contributed by atoms with Crippen molar-refractivity contribution in [3.05, 3.63) is 11.6 Å². The van der Waals surface area contributed by atoms with Gasteiger partial charge in [0.2, 0.25) is 0 Å². The highest BCUT2D eigenvalue weighted by atomic mass is 127. The van der Waals surface area contributed by atoms with Crippen LogP contribution in [0.5, 0.6) is 0 Å². The van der Waals surface area contributed by atoms with Gasteiger partial charge in [-0.3, -0.25) is 0 Å². The van der Waals surface area contributed by atoms with Crippen LogP contribution in [0.3, 0.4) is 0 Å². The molecule has 152 valence electrons. The van der Waals surface area contributed by atoms with Crippen LogP contribution in [-0.4, -0.2) is 86.3 Å². The number of aliphatic imine (C=N–C) groups is 1. The molecule has 26 heavy (non-hydrogen) atoms. The molecule has 0 aromatic carbocycles. The molecule has 1 aromatic rings. The van der Waals surface area contributed by atoms with E-state index in [1.807, 2.05) is 18.5 Å². The van der Waals surface area contributed by atoms with Crippen molar-refractivity contribution in [3.63, 3.8) is 0 Å². The van der Waals surface area contributed by atoms with Gasteiger partial charge in [0.25, 0.3) is 0 Å². The molecule has 10 heteroatoms. The molecule has 0 aliphatic rings. The number of halogens is 1. The zero-order chi connectivity index (χ0) is 18.5. The Kier molecular flexibility index (Phi) is 14.5. The van der Waals surface area contributed by atoms with Crippen LogP contribution < -0.4 is 10.6 Å². The van der Waals surface area contributed by atoms with E-state index in [1.54, 1.807) is 14.2 Å². The maximum atomic E-state index is 5.08. The Hall–Kier alpha value is -0.980. The molecule has 0 saturated heterocycles. The molecule has 0 aliphatic carbocycles. The van der Waals surface area contributed by atoms with E-state index in [0.717, 1.165) is 50.3 Å². The van der Waals surface area contributed by atoms with Gasteiger partial charge in [-0.1, -0.05) is 0 Å². The minimum absolute atomic E-state index is 0. The Balaban J connectivity index is 0.00000625. The molecule has 0 unspecified atom stereocenters. The number of guanidine groups is 1. The summed E-state index contributed by atoms with van der Waals surface area (Å²) >= 11 is 0. The molecule has 0 amide bonds. The van der Waals surface area contributed by atoms with Crippen LogP contribution in [-0.2, 0) is 23.1 Å². The lowest BCUT2D eigenvalue weighted by Crippen LogP contribution is -2.42. The fourth-order valence-electron chi connectivity index (χ4n) is 2.14. The van der Waals surface area contributed by atoms with E-state index in [2.05, 4.69) is 37.8 Å². The summed E-state index contributed by atoms with van der Waals surface area (Å²) in [7, 11) is 7.47. The molecule has 0 fully saturated rings. The largest absolute Gasteiger partial charge is 0.385 e. The Labute approximate surface area is 173 Å². The third-order valence-corrected chi connectivity index (χ3v) is 3.83. The quantitative estimate of drug-likeness (QED) is 0.193. The van der Waals surface area contributed by atoms with Crippen LogP contribution >= 0.6 is 24.0 Å². The van der Waals surface area contributed by atoms with Crippen LogP contribution in [0.4, 0.5) is 0 Å². The van der Waals surface area contributed by atoms with Gasteiger partial charge in [0.05, 0.1) is 6.61 Å². The Morgan fingerprint density at radius 1 is 1.12 bits per heavy atom. The summed E-state index contributed by atoms with van der Waals surface area (Å²) in [5.41, 5.74) is 0. The number of methoxy groups -OCH3 is 2. The lowest BCUT2D eigenvalue weighted by atomic mass is 10.4. The molecular weight excluding hydrogens is 449 g/mol. The number of ether oxygens (including phenoxy) is 2. The van der Waals surface area contributed by atoms with Gasteiger partial charge in [-0.25, -0.2) is 4.99 Å². The first kappa shape index (κ1) is 25.0. The highest BCUT2D eigenvalue weighted by Gasteiger charge is 2.05. The summed E-state index contributed by atoms with van der Waals surface area (Å²) in [5.74, 6) is 2.47. The summed E-state index contributed by atoms with van der Waals surface area (Å²) < 4.78 is 12.1. The molecular formula is C16H34IN7O2. The van der Waals surface area contributed by atoms with Gasteiger partial charge < -0.3 is 29.6 Å². The maximum Gasteiger partial charge on any atom is 0.191 e. The van der Waals surface area contributed by atoms with Crippen molar-refractivity contribution >= 4 is 29.9 Å². The molecule has 1 aromatic heterocycles. The smallest absolute Gasteiger partial charge is 0.191 e. The van der Waals surface area contributed by atoms with Crippen LogP contribution in [0.15, 0.2) is 4.99 Å². The fourth-order valence-corrected chi connectivity index (χ4v) is 2.14. The average molecular weight is 483 g/mol. The number of rotatable bonds is 12. The number of likely N-dealkylation sites (N-methyl/N-ethyl adjacent to an activating group) is 1. The second kappa shape index (κ2) is 15.1. The van der Waals surface area contributed by atoms with Gasteiger partial charge in [-0.15, -0.1) is 34.2 Å². The molecule has 0 atom stereocenters. The normalized spacial score (nSPS) is 11.5. The maximum absolute atomic E-state index is 5.08. The van der Waals surface area contributed by atoms with Gasteiger partial charge in [0.15, 0.2) is 11.8 Å². The summed E-state index contributed by atoms with van der Waals surface area (Å²) in [6.07, 6.45) is 1.03. The van der Waals surface area contributed by atoms with E-state index in [1.165, 1.54) is 0 Å². The van der Waals surface area contributed by atoms with Crippen molar-refractivity contribution in [1.82, 2.24) is 30.3 Å². The van der Waals surface area contributed by atoms with E-state index in [-0.39, 0.29) is 24.0 Å². The molecule has 0 saturated carbocycles. The minimum Gasteiger partial charge on any atom is -0.385 e. The number of nitrogens with one attached hydrogen (secondary N) is 2. The van der Waals surface area contributed by atoms with E-state index >= 15 is 0 Å². The summed E-state index contributed by atoms with van der Waals surface area (Å²) in [6.45, 7) is 7.26. The molecule has 1 rings (SSSR count). The third-order valence-electron chi connectivity index (χ3n) is 3.83. The zero-order valence-corrected chi connectivity index (χ0v) is 18.9. The highest BCUT2D eigenvalue weighted by molar-refractivity contribution is 14.0. The van der Waals surface area contributed by atoms with Crippen molar-refractivity contribution < 1.29 is 9.47 Å². The number of aromatic nitrogens is 3. The number of hydrogen-bond acceptors (Lipinski definition) is 6. The molecule has 1 heterocycles. The Bertz CT molecular complexity index is 511. The molecule has 2 N–H and O–H groups in total. The highest BCUT2D eigenvalue weighted by Crippen LogP contribution is 1.99. The monoisotopic (exact) mass is 483 g/mol. The van der Waals surface area contributed by atoms with Crippen LogP contribution in [0.25, 0.3) is 0 Å². The van der Waals surface area contributed by atoms with Crippen molar-refractivity contribution in [2.45, 2.75) is 19.9 Å². The summed E-state index contributed by atoms with van der Waals surface area (Å²) in [6, 6.07) is 0. The molecule has 0 aliphatic heterocycles. The standard InChI is InChI=1S/C16H33N7O2.HI/c1-14-20-21-15(23(14)3)13-19-16(18-8-12-25-5)17-7-10-22(2)9-6-11-24-4;/h6-13H2,1-5H3,(H2,17,18,19);1H. The van der Waals surface area contributed by atoms with Crippen LogP contribution in [0.1, 0.15) is 18.1 Å². The lowest BCUT2D eigenvalue weighted by Gasteiger charge is -2.18. The molecule has 0 radical (unpaired) electrons. The molecule has 0 spiro atoms. The van der Waals surface area contributed by atoms with Gasteiger partial charge in [0, 0.05) is 54.1 Å². The van der Waals surface area contributed by atoms with Crippen molar-refractivity contribution in [3.8, 4) is 0 Å². The van der Waals surface area contributed by atoms with E-state index in [4.69, 9.17) is 9.47 Å². The number of nitrogens with zero attached hydrogens (tertiary/aromatic N) is 5. The van der Waals surface area contributed by atoms with Gasteiger partial charge in [-0.05, 0) is 20.4 Å². The lowest BCUT2D eigenvalue weighted by molar-refractivity contribution is 0.180. The number of aryl methyl sites for hydroxylation is 1.